The molecule has 0 radical (unpaired) electrons. The zero-order valence-electron chi connectivity index (χ0n) is 12.5. The molecule has 0 saturated carbocycles. The fraction of sp³-hybridized carbons (Fsp3) is 0.118. The Hall–Kier alpha value is -2.73. The molecule has 0 aliphatic heterocycles. The first-order chi connectivity index (χ1) is 11.6. The van der Waals surface area contributed by atoms with E-state index in [9.17, 15) is 9.18 Å². The van der Waals surface area contributed by atoms with E-state index in [0.717, 1.165) is 5.56 Å². The molecule has 0 fully saturated rings. The van der Waals surface area contributed by atoms with E-state index in [-0.39, 0.29) is 24.8 Å². The third-order valence-electron chi connectivity index (χ3n) is 3.32. The topological polar surface area (TPSA) is 68.0 Å². The van der Waals surface area contributed by atoms with Crippen molar-refractivity contribution in [3.8, 4) is 11.4 Å². The highest BCUT2D eigenvalue weighted by Crippen LogP contribution is 2.18. The molecule has 24 heavy (non-hydrogen) atoms. The molecule has 0 unspecified atom stereocenters. The van der Waals surface area contributed by atoms with Gasteiger partial charge >= 0.3 is 0 Å². The lowest BCUT2D eigenvalue weighted by Crippen LogP contribution is -2.25. The smallest absolute Gasteiger partial charge is 0.246 e. The normalized spacial score (nSPS) is 10.6. The van der Waals surface area contributed by atoms with Crippen LogP contribution in [0.15, 0.2) is 53.1 Å². The highest BCUT2D eigenvalue weighted by molar-refractivity contribution is 6.30. The summed E-state index contributed by atoms with van der Waals surface area (Å²) in [5.41, 5.74) is 1.09. The average molecular weight is 346 g/mol. The molecule has 2 aromatic carbocycles. The van der Waals surface area contributed by atoms with Crippen molar-refractivity contribution < 1.29 is 13.7 Å². The van der Waals surface area contributed by atoms with Gasteiger partial charge in [0.1, 0.15) is 5.82 Å². The van der Waals surface area contributed by atoms with Crippen LogP contribution in [0.1, 0.15) is 11.5 Å². The molecule has 0 aliphatic rings. The summed E-state index contributed by atoms with van der Waals surface area (Å²) in [5.74, 6) is -0.0614. The van der Waals surface area contributed by atoms with Crippen LogP contribution in [0.2, 0.25) is 5.02 Å². The summed E-state index contributed by atoms with van der Waals surface area (Å²) in [6, 6.07) is 13.1. The lowest BCUT2D eigenvalue weighted by molar-refractivity contribution is -0.120. The number of carbonyl (C=O) groups excluding carboxylic acids is 1. The molecule has 1 aromatic heterocycles. The number of nitrogens with one attached hydrogen (secondary N) is 1. The Balaban J connectivity index is 1.58. The number of hydrogen-bond acceptors (Lipinski definition) is 4. The molecule has 0 spiro atoms. The fourth-order valence-corrected chi connectivity index (χ4v) is 2.22. The van der Waals surface area contributed by atoms with Crippen molar-refractivity contribution in [1.82, 2.24) is 15.5 Å². The van der Waals surface area contributed by atoms with Crippen LogP contribution in [-0.4, -0.2) is 16.0 Å². The second kappa shape index (κ2) is 7.23. The quantitative estimate of drug-likeness (QED) is 0.769. The van der Waals surface area contributed by atoms with E-state index in [2.05, 4.69) is 15.5 Å². The minimum atomic E-state index is -0.407. The molecule has 1 heterocycles. The van der Waals surface area contributed by atoms with Crippen molar-refractivity contribution >= 4 is 17.5 Å². The molecule has 3 rings (SSSR count). The summed E-state index contributed by atoms with van der Waals surface area (Å²) in [4.78, 5) is 16.1. The maximum Gasteiger partial charge on any atom is 0.246 e. The van der Waals surface area contributed by atoms with Crippen LogP contribution in [0.5, 0.6) is 0 Å². The van der Waals surface area contributed by atoms with E-state index in [1.165, 1.54) is 6.07 Å². The van der Waals surface area contributed by atoms with Crippen molar-refractivity contribution in [2.24, 2.45) is 0 Å². The Morgan fingerprint density at radius 2 is 1.92 bits per heavy atom. The van der Waals surface area contributed by atoms with Crippen molar-refractivity contribution in [2.45, 2.75) is 13.0 Å². The minimum Gasteiger partial charge on any atom is -0.347 e. The molecule has 0 bridgehead atoms. The molecule has 1 N–H and O–H groups in total. The second-order valence-electron chi connectivity index (χ2n) is 5.06. The molecule has 3 aromatic rings. The zero-order chi connectivity index (χ0) is 16.9. The van der Waals surface area contributed by atoms with Gasteiger partial charge in [0.15, 0.2) is 0 Å². The first-order valence-electron chi connectivity index (χ1n) is 7.20. The van der Waals surface area contributed by atoms with Crippen LogP contribution in [0.4, 0.5) is 4.39 Å². The third-order valence-corrected chi connectivity index (χ3v) is 3.57. The second-order valence-corrected chi connectivity index (χ2v) is 5.50. The molecule has 0 atom stereocenters. The molecule has 0 aliphatic carbocycles. The number of hydrogen-bond donors (Lipinski definition) is 1. The maximum absolute atomic E-state index is 13.5. The SMILES string of the molecule is O=C(Cc1ccccc1F)NCc1nc(-c2ccc(Cl)cc2)no1. The number of aromatic nitrogens is 2. The summed E-state index contributed by atoms with van der Waals surface area (Å²) in [6.45, 7) is 0.0773. The lowest BCUT2D eigenvalue weighted by atomic mass is 10.1. The number of carbonyl (C=O) groups is 1. The predicted octanol–water partition coefficient (Wildman–Crippen LogP) is 3.39. The molecular weight excluding hydrogens is 333 g/mol. The van der Waals surface area contributed by atoms with Crippen LogP contribution in [-0.2, 0) is 17.8 Å². The van der Waals surface area contributed by atoms with Crippen molar-refractivity contribution in [3.63, 3.8) is 0 Å². The van der Waals surface area contributed by atoms with Gasteiger partial charge in [-0.15, -0.1) is 0 Å². The van der Waals surface area contributed by atoms with Gasteiger partial charge in [-0.05, 0) is 35.9 Å². The van der Waals surface area contributed by atoms with E-state index >= 15 is 0 Å². The molecule has 7 heteroatoms. The first kappa shape index (κ1) is 16.1. The summed E-state index contributed by atoms with van der Waals surface area (Å²) in [6.07, 6.45) is -0.0507. The third kappa shape index (κ3) is 3.97. The van der Waals surface area contributed by atoms with Crippen molar-refractivity contribution in [3.05, 3.63) is 70.8 Å². The maximum atomic E-state index is 13.5. The van der Waals surface area contributed by atoms with Crippen LogP contribution in [0.3, 0.4) is 0 Å². The summed E-state index contributed by atoms with van der Waals surface area (Å²) < 4.78 is 18.6. The lowest BCUT2D eigenvalue weighted by Gasteiger charge is -2.03. The summed E-state index contributed by atoms with van der Waals surface area (Å²) >= 11 is 5.83. The van der Waals surface area contributed by atoms with Gasteiger partial charge in [-0.25, -0.2) is 4.39 Å². The number of nitrogens with zero attached hydrogens (tertiary/aromatic N) is 2. The highest BCUT2D eigenvalue weighted by atomic mass is 35.5. The van der Waals surface area contributed by atoms with Gasteiger partial charge in [0.2, 0.25) is 17.6 Å². The monoisotopic (exact) mass is 345 g/mol. The molecule has 0 saturated heterocycles. The number of rotatable bonds is 5. The van der Waals surface area contributed by atoms with Crippen molar-refractivity contribution in [2.75, 3.05) is 0 Å². The average Bonchev–Trinajstić information content (AvgIpc) is 3.05. The van der Waals surface area contributed by atoms with Gasteiger partial charge in [-0.3, -0.25) is 4.79 Å². The Morgan fingerprint density at radius 1 is 1.17 bits per heavy atom. The van der Waals surface area contributed by atoms with Crippen LogP contribution < -0.4 is 5.32 Å². The van der Waals surface area contributed by atoms with Gasteiger partial charge < -0.3 is 9.84 Å². The standard InChI is InChI=1S/C17H13ClFN3O2/c18-13-7-5-11(6-8-13)17-21-16(24-22-17)10-20-15(23)9-12-3-1-2-4-14(12)19/h1-8H,9-10H2,(H,20,23). The number of amides is 1. The zero-order valence-corrected chi connectivity index (χ0v) is 13.3. The summed E-state index contributed by atoms with van der Waals surface area (Å²) in [7, 11) is 0. The van der Waals surface area contributed by atoms with Gasteiger partial charge in [0.25, 0.3) is 0 Å². The van der Waals surface area contributed by atoms with Gasteiger partial charge in [0.05, 0.1) is 13.0 Å². The number of benzene rings is 2. The Bertz CT molecular complexity index is 849. The number of halogens is 2. The Kier molecular flexibility index (Phi) is 4.86. The fourth-order valence-electron chi connectivity index (χ4n) is 2.09. The molecule has 1 amide bonds. The van der Waals surface area contributed by atoms with E-state index in [1.807, 2.05) is 0 Å². The highest BCUT2D eigenvalue weighted by Gasteiger charge is 2.11. The van der Waals surface area contributed by atoms with Gasteiger partial charge in [-0.2, -0.15) is 4.98 Å². The van der Waals surface area contributed by atoms with Crippen LogP contribution in [0.25, 0.3) is 11.4 Å². The van der Waals surface area contributed by atoms with Crippen LogP contribution >= 0.6 is 11.6 Å². The summed E-state index contributed by atoms with van der Waals surface area (Å²) in [5, 5.41) is 7.09. The molecular formula is C17H13ClFN3O2. The van der Waals surface area contributed by atoms with E-state index in [1.54, 1.807) is 42.5 Å². The van der Waals surface area contributed by atoms with E-state index < -0.39 is 5.82 Å². The van der Waals surface area contributed by atoms with Gasteiger partial charge in [0, 0.05) is 10.6 Å². The Morgan fingerprint density at radius 3 is 2.67 bits per heavy atom. The molecule has 122 valence electrons. The van der Waals surface area contributed by atoms with Gasteiger partial charge in [-0.1, -0.05) is 35.0 Å². The molecule has 5 nitrogen and oxygen atoms in total. The predicted molar refractivity (Wildman–Crippen MR) is 86.7 cm³/mol. The minimum absolute atomic E-state index is 0.0507. The largest absolute Gasteiger partial charge is 0.347 e. The van der Waals surface area contributed by atoms with E-state index in [4.69, 9.17) is 16.1 Å². The van der Waals surface area contributed by atoms with Crippen LogP contribution in [0, 0.1) is 5.82 Å². The first-order valence-corrected chi connectivity index (χ1v) is 7.58. The Labute approximate surface area is 142 Å². The van der Waals surface area contributed by atoms with E-state index in [0.29, 0.717) is 16.4 Å². The van der Waals surface area contributed by atoms with Crippen molar-refractivity contribution in [1.29, 1.82) is 0 Å².